The first-order chi connectivity index (χ1) is 9.60. The van der Waals surface area contributed by atoms with Crippen molar-refractivity contribution in [2.75, 3.05) is 39.8 Å². The second-order valence-electron chi connectivity index (χ2n) is 4.67. The number of piperazine rings is 1. The van der Waals surface area contributed by atoms with Gasteiger partial charge in [0.2, 0.25) is 5.91 Å². The molecule has 0 aliphatic carbocycles. The second-order valence-corrected chi connectivity index (χ2v) is 4.67. The third-order valence-corrected chi connectivity index (χ3v) is 3.28. The molecule has 0 spiro atoms. The highest BCUT2D eigenvalue weighted by atomic mass is 16.3. The van der Waals surface area contributed by atoms with Gasteiger partial charge in [0.15, 0.2) is 0 Å². The minimum atomic E-state index is -0.145. The monoisotopic (exact) mass is 278 g/mol. The molecule has 0 saturated carbocycles. The van der Waals surface area contributed by atoms with Crippen molar-refractivity contribution >= 4 is 11.8 Å². The van der Waals surface area contributed by atoms with Crippen LogP contribution in [-0.2, 0) is 4.79 Å². The van der Waals surface area contributed by atoms with Gasteiger partial charge in [-0.2, -0.15) is 0 Å². The van der Waals surface area contributed by atoms with E-state index < -0.39 is 0 Å². The first-order valence-corrected chi connectivity index (χ1v) is 6.46. The van der Waals surface area contributed by atoms with E-state index >= 15 is 0 Å². The predicted octanol–water partition coefficient (Wildman–Crippen LogP) is -0.709. The van der Waals surface area contributed by atoms with Gasteiger partial charge in [0.05, 0.1) is 18.3 Å². The normalized spacial score (nSPS) is 15.9. The predicted molar refractivity (Wildman–Crippen MR) is 72.3 cm³/mol. The zero-order valence-corrected chi connectivity index (χ0v) is 11.4. The van der Waals surface area contributed by atoms with E-state index in [1.165, 1.54) is 18.5 Å². The van der Waals surface area contributed by atoms with Crippen LogP contribution >= 0.6 is 0 Å². The number of carbonyl (C=O) groups excluding carboxylic acids is 2. The van der Waals surface area contributed by atoms with Gasteiger partial charge in [-0.3, -0.25) is 19.5 Å². The molecular weight excluding hydrogens is 260 g/mol. The number of aromatic hydroxyl groups is 1. The van der Waals surface area contributed by atoms with Crippen LogP contribution in [0.2, 0.25) is 0 Å². The lowest BCUT2D eigenvalue weighted by atomic mass is 10.2. The third kappa shape index (κ3) is 3.45. The van der Waals surface area contributed by atoms with Crippen LogP contribution in [0.5, 0.6) is 5.75 Å². The van der Waals surface area contributed by atoms with Crippen LogP contribution in [0.15, 0.2) is 18.5 Å². The van der Waals surface area contributed by atoms with Crippen molar-refractivity contribution < 1.29 is 14.7 Å². The summed E-state index contributed by atoms with van der Waals surface area (Å²) in [6, 6.07) is 1.41. The average Bonchev–Trinajstić information content (AvgIpc) is 2.47. The highest BCUT2D eigenvalue weighted by Gasteiger charge is 2.23. The summed E-state index contributed by atoms with van der Waals surface area (Å²) >= 11 is 0. The Balaban J connectivity index is 1.90. The summed E-state index contributed by atoms with van der Waals surface area (Å²) in [4.78, 5) is 31.0. The molecule has 20 heavy (non-hydrogen) atoms. The maximum absolute atomic E-state index is 12.2. The maximum Gasteiger partial charge on any atom is 0.255 e. The number of pyridine rings is 1. The molecule has 0 bridgehead atoms. The van der Waals surface area contributed by atoms with E-state index in [1.807, 2.05) is 4.90 Å². The summed E-state index contributed by atoms with van der Waals surface area (Å²) in [6.45, 7) is 2.79. The highest BCUT2D eigenvalue weighted by Crippen LogP contribution is 2.12. The van der Waals surface area contributed by atoms with E-state index in [0.29, 0.717) is 38.3 Å². The first kappa shape index (κ1) is 14.3. The van der Waals surface area contributed by atoms with Crippen molar-refractivity contribution in [3.05, 3.63) is 24.0 Å². The van der Waals surface area contributed by atoms with Crippen molar-refractivity contribution in [3.63, 3.8) is 0 Å². The van der Waals surface area contributed by atoms with Crippen molar-refractivity contribution in [2.45, 2.75) is 0 Å². The Kier molecular flexibility index (Phi) is 4.52. The summed E-state index contributed by atoms with van der Waals surface area (Å²) in [5.41, 5.74) is 0.379. The van der Waals surface area contributed by atoms with Crippen molar-refractivity contribution in [1.29, 1.82) is 0 Å². The molecule has 0 aromatic carbocycles. The van der Waals surface area contributed by atoms with E-state index in [4.69, 9.17) is 0 Å². The van der Waals surface area contributed by atoms with Gasteiger partial charge in [0.25, 0.3) is 5.91 Å². The molecule has 1 saturated heterocycles. The van der Waals surface area contributed by atoms with Gasteiger partial charge in [-0.15, -0.1) is 0 Å². The molecule has 1 aliphatic rings. The molecular formula is C13H18N4O3. The fourth-order valence-corrected chi connectivity index (χ4v) is 2.12. The molecule has 108 valence electrons. The van der Waals surface area contributed by atoms with Gasteiger partial charge in [0.1, 0.15) is 5.75 Å². The molecule has 1 aromatic rings. The number of nitrogens with one attached hydrogen (secondary N) is 1. The number of nitrogens with zero attached hydrogens (tertiary/aromatic N) is 3. The fraction of sp³-hybridized carbons (Fsp3) is 0.462. The summed E-state index contributed by atoms with van der Waals surface area (Å²) in [6.07, 6.45) is 2.73. The molecule has 0 radical (unpaired) electrons. The van der Waals surface area contributed by atoms with Crippen molar-refractivity contribution in [2.24, 2.45) is 0 Å². The summed E-state index contributed by atoms with van der Waals surface area (Å²) in [5, 5.41) is 11.9. The minimum absolute atomic E-state index is 0.0193. The topological polar surface area (TPSA) is 85.8 Å². The van der Waals surface area contributed by atoms with E-state index in [2.05, 4.69) is 10.3 Å². The molecule has 2 N–H and O–H groups in total. The van der Waals surface area contributed by atoms with Crippen LogP contribution in [0.1, 0.15) is 10.4 Å². The SMILES string of the molecule is CNC(=O)CN1CCN(C(=O)c2cncc(O)c2)CC1. The van der Waals surface area contributed by atoms with Crippen LogP contribution in [0, 0.1) is 0 Å². The number of likely N-dealkylation sites (N-methyl/N-ethyl adjacent to an activating group) is 1. The van der Waals surface area contributed by atoms with Crippen molar-refractivity contribution in [1.82, 2.24) is 20.1 Å². The summed E-state index contributed by atoms with van der Waals surface area (Å²) < 4.78 is 0. The van der Waals surface area contributed by atoms with Gasteiger partial charge in [0, 0.05) is 39.4 Å². The molecule has 2 heterocycles. The number of amides is 2. The van der Waals surface area contributed by atoms with Crippen LogP contribution in [0.25, 0.3) is 0 Å². The van der Waals surface area contributed by atoms with Gasteiger partial charge in [-0.05, 0) is 6.07 Å². The standard InChI is InChI=1S/C13H18N4O3/c1-14-12(19)9-16-2-4-17(5-3-16)13(20)10-6-11(18)8-15-7-10/h6-8,18H,2-5,9H2,1H3,(H,14,19). The number of hydrogen-bond donors (Lipinski definition) is 2. The Morgan fingerprint density at radius 1 is 1.30 bits per heavy atom. The molecule has 1 fully saturated rings. The molecule has 7 nitrogen and oxygen atoms in total. The van der Waals surface area contributed by atoms with E-state index in [0.717, 1.165) is 0 Å². The molecule has 2 amide bonds. The lowest BCUT2D eigenvalue weighted by molar-refractivity contribution is -0.122. The summed E-state index contributed by atoms with van der Waals surface area (Å²) in [5.74, 6) is -0.191. The molecule has 0 atom stereocenters. The van der Waals surface area contributed by atoms with E-state index in [1.54, 1.807) is 11.9 Å². The number of hydrogen-bond acceptors (Lipinski definition) is 5. The number of rotatable bonds is 3. The third-order valence-electron chi connectivity index (χ3n) is 3.28. The Morgan fingerprint density at radius 2 is 2.00 bits per heavy atom. The zero-order valence-electron chi connectivity index (χ0n) is 11.4. The smallest absolute Gasteiger partial charge is 0.255 e. The molecule has 1 aromatic heterocycles. The number of carbonyl (C=O) groups is 2. The van der Waals surface area contributed by atoms with Crippen LogP contribution in [-0.4, -0.2) is 71.5 Å². The van der Waals surface area contributed by atoms with Crippen LogP contribution in [0.4, 0.5) is 0 Å². The maximum atomic E-state index is 12.2. The van der Waals surface area contributed by atoms with Gasteiger partial charge >= 0.3 is 0 Å². The Hall–Kier alpha value is -2.15. The molecule has 1 aliphatic heterocycles. The minimum Gasteiger partial charge on any atom is -0.506 e. The van der Waals surface area contributed by atoms with Gasteiger partial charge < -0.3 is 15.3 Å². The number of aromatic nitrogens is 1. The average molecular weight is 278 g/mol. The zero-order chi connectivity index (χ0) is 14.5. The van der Waals surface area contributed by atoms with Crippen LogP contribution < -0.4 is 5.32 Å². The molecule has 2 rings (SSSR count). The van der Waals surface area contributed by atoms with E-state index in [9.17, 15) is 14.7 Å². The van der Waals surface area contributed by atoms with Gasteiger partial charge in [-0.25, -0.2) is 0 Å². The highest BCUT2D eigenvalue weighted by molar-refractivity contribution is 5.94. The Labute approximate surface area is 117 Å². The van der Waals surface area contributed by atoms with Crippen LogP contribution in [0.3, 0.4) is 0 Å². The summed E-state index contributed by atoms with van der Waals surface area (Å²) in [7, 11) is 1.61. The lowest BCUT2D eigenvalue weighted by Gasteiger charge is -2.34. The lowest BCUT2D eigenvalue weighted by Crippen LogP contribution is -2.50. The Morgan fingerprint density at radius 3 is 2.60 bits per heavy atom. The first-order valence-electron chi connectivity index (χ1n) is 6.46. The largest absolute Gasteiger partial charge is 0.506 e. The molecule has 7 heteroatoms. The van der Waals surface area contributed by atoms with Crippen molar-refractivity contribution in [3.8, 4) is 5.75 Å². The molecule has 0 unspecified atom stereocenters. The quantitative estimate of drug-likeness (QED) is 0.763. The van der Waals surface area contributed by atoms with E-state index in [-0.39, 0.29) is 17.6 Å². The Bertz CT molecular complexity index is 498. The second kappa shape index (κ2) is 6.33. The van der Waals surface area contributed by atoms with Gasteiger partial charge in [-0.1, -0.05) is 0 Å². The fourth-order valence-electron chi connectivity index (χ4n) is 2.12.